The van der Waals surface area contributed by atoms with E-state index >= 15 is 0 Å². The summed E-state index contributed by atoms with van der Waals surface area (Å²) in [5.74, 6) is 0.507. The van der Waals surface area contributed by atoms with Crippen LogP contribution < -0.4 is 10.3 Å². The normalized spacial score (nSPS) is 11.5. The van der Waals surface area contributed by atoms with E-state index in [9.17, 15) is 4.79 Å². The zero-order valence-electron chi connectivity index (χ0n) is 14.9. The molecule has 0 aliphatic carbocycles. The number of benzene rings is 3. The fraction of sp³-hybridized carbons (Fsp3) is 0.0909. The highest BCUT2D eigenvalue weighted by molar-refractivity contribution is 5.96. The van der Waals surface area contributed by atoms with Crippen LogP contribution in [0, 0.1) is 0 Å². The summed E-state index contributed by atoms with van der Waals surface area (Å²) in [5, 5.41) is 2.63. The van der Waals surface area contributed by atoms with Crippen LogP contribution in [-0.4, -0.2) is 19.1 Å². The smallest absolute Gasteiger partial charge is 0.297 e. The van der Waals surface area contributed by atoms with Gasteiger partial charge < -0.3 is 13.7 Å². The van der Waals surface area contributed by atoms with E-state index < -0.39 is 0 Å². The van der Waals surface area contributed by atoms with E-state index in [1.165, 1.54) is 6.07 Å². The van der Waals surface area contributed by atoms with E-state index in [1.807, 2.05) is 68.7 Å². The third-order valence-corrected chi connectivity index (χ3v) is 4.64. The Morgan fingerprint density at radius 3 is 2.41 bits per heavy atom. The Bertz CT molecular complexity index is 1380. The molecule has 0 spiro atoms. The molecule has 27 heavy (non-hydrogen) atoms. The van der Waals surface area contributed by atoms with Crippen molar-refractivity contribution in [1.82, 2.24) is 4.98 Å². The van der Waals surface area contributed by atoms with Crippen LogP contribution in [0.4, 0.5) is 6.01 Å². The summed E-state index contributed by atoms with van der Waals surface area (Å²) in [6.07, 6.45) is 0. The lowest BCUT2D eigenvalue weighted by molar-refractivity contribution is 0.595. The molecule has 0 saturated heterocycles. The largest absolute Gasteiger partial charge is 0.456 e. The fourth-order valence-corrected chi connectivity index (χ4v) is 3.24. The lowest BCUT2D eigenvalue weighted by atomic mass is 10.1. The minimum Gasteiger partial charge on any atom is -0.456 e. The molecule has 0 unspecified atom stereocenters. The Hall–Kier alpha value is -3.60. The average Bonchev–Trinajstić information content (AvgIpc) is 3.10. The lowest BCUT2D eigenvalue weighted by Crippen LogP contribution is -2.08. The van der Waals surface area contributed by atoms with E-state index in [0.29, 0.717) is 28.3 Å². The molecule has 5 rings (SSSR count). The first-order chi connectivity index (χ1) is 13.1. The molecule has 0 radical (unpaired) electrons. The lowest BCUT2D eigenvalue weighted by Gasteiger charge is -2.05. The van der Waals surface area contributed by atoms with E-state index in [1.54, 1.807) is 4.90 Å². The maximum Gasteiger partial charge on any atom is 0.297 e. The van der Waals surface area contributed by atoms with Crippen LogP contribution in [0.5, 0.6) is 0 Å². The highest BCUT2D eigenvalue weighted by Crippen LogP contribution is 2.29. The molecule has 0 amide bonds. The quantitative estimate of drug-likeness (QED) is 0.424. The summed E-state index contributed by atoms with van der Waals surface area (Å²) in [6.45, 7) is 0. The van der Waals surface area contributed by atoms with E-state index in [0.717, 1.165) is 21.9 Å². The van der Waals surface area contributed by atoms with Crippen molar-refractivity contribution < 1.29 is 8.83 Å². The Kier molecular flexibility index (Phi) is 3.31. The second-order valence-corrected chi connectivity index (χ2v) is 6.74. The van der Waals surface area contributed by atoms with Crippen LogP contribution in [-0.2, 0) is 0 Å². The second-order valence-electron chi connectivity index (χ2n) is 6.74. The molecule has 0 bridgehead atoms. The van der Waals surface area contributed by atoms with Gasteiger partial charge in [0.15, 0.2) is 11.0 Å². The van der Waals surface area contributed by atoms with Crippen molar-refractivity contribution in [2.75, 3.05) is 19.0 Å². The van der Waals surface area contributed by atoms with Gasteiger partial charge in [0, 0.05) is 25.7 Å². The van der Waals surface area contributed by atoms with Crippen LogP contribution in [0.2, 0.25) is 0 Å². The molecule has 0 atom stereocenters. The fourth-order valence-electron chi connectivity index (χ4n) is 3.24. The van der Waals surface area contributed by atoms with Crippen molar-refractivity contribution in [3.05, 3.63) is 70.9 Å². The zero-order chi connectivity index (χ0) is 18.5. The van der Waals surface area contributed by atoms with Crippen molar-refractivity contribution in [1.29, 1.82) is 0 Å². The van der Waals surface area contributed by atoms with E-state index in [4.69, 9.17) is 8.83 Å². The summed E-state index contributed by atoms with van der Waals surface area (Å²) in [5.41, 5.74) is 2.69. The number of hydrogen-bond acceptors (Lipinski definition) is 5. The number of oxazole rings is 1. The first-order valence-corrected chi connectivity index (χ1v) is 8.63. The van der Waals surface area contributed by atoms with Gasteiger partial charge in [0.2, 0.25) is 0 Å². The Balaban J connectivity index is 1.71. The van der Waals surface area contributed by atoms with Crippen LogP contribution >= 0.6 is 0 Å². The van der Waals surface area contributed by atoms with Crippen LogP contribution in [0.3, 0.4) is 0 Å². The predicted octanol–water partition coefficient (Wildman–Crippen LogP) is 4.82. The summed E-state index contributed by atoms with van der Waals surface area (Å²) < 4.78 is 11.8. The van der Waals surface area contributed by atoms with Gasteiger partial charge in [0.25, 0.3) is 6.01 Å². The molecule has 0 aliphatic heterocycles. The molecule has 5 aromatic rings. The molecular formula is C22H16N2O3. The summed E-state index contributed by atoms with van der Waals surface area (Å²) in [7, 11) is 3.75. The van der Waals surface area contributed by atoms with Crippen molar-refractivity contribution in [2.45, 2.75) is 0 Å². The highest BCUT2D eigenvalue weighted by atomic mass is 16.4. The van der Waals surface area contributed by atoms with Crippen molar-refractivity contribution >= 4 is 38.9 Å². The third-order valence-electron chi connectivity index (χ3n) is 4.64. The topological polar surface area (TPSA) is 59.5 Å². The van der Waals surface area contributed by atoms with E-state index in [2.05, 4.69) is 4.98 Å². The SMILES string of the molecule is CN(C)c1nc2ccc(-c3cc(=O)c4cc5ccccc5cc4o3)cc2o1. The molecule has 0 fully saturated rings. The maximum absolute atomic E-state index is 12.7. The predicted molar refractivity (Wildman–Crippen MR) is 107 cm³/mol. The summed E-state index contributed by atoms with van der Waals surface area (Å²) in [4.78, 5) is 18.9. The number of hydrogen-bond donors (Lipinski definition) is 0. The molecule has 5 heteroatoms. The Morgan fingerprint density at radius 2 is 1.63 bits per heavy atom. The molecule has 2 aromatic heterocycles. The number of anilines is 1. The van der Waals surface area contributed by atoms with Gasteiger partial charge in [-0.25, -0.2) is 0 Å². The Morgan fingerprint density at radius 1 is 0.852 bits per heavy atom. The minimum atomic E-state index is -0.0661. The van der Waals surface area contributed by atoms with Gasteiger partial charge in [0.1, 0.15) is 16.9 Å². The van der Waals surface area contributed by atoms with Crippen LogP contribution in [0.25, 0.3) is 44.2 Å². The van der Waals surface area contributed by atoms with Crippen LogP contribution in [0.1, 0.15) is 0 Å². The minimum absolute atomic E-state index is 0.0661. The van der Waals surface area contributed by atoms with Gasteiger partial charge in [-0.15, -0.1) is 0 Å². The van der Waals surface area contributed by atoms with Gasteiger partial charge in [-0.3, -0.25) is 4.79 Å². The molecule has 0 aliphatic rings. The number of aromatic nitrogens is 1. The zero-order valence-corrected chi connectivity index (χ0v) is 14.9. The van der Waals surface area contributed by atoms with Gasteiger partial charge in [-0.2, -0.15) is 4.98 Å². The molecule has 132 valence electrons. The van der Waals surface area contributed by atoms with Gasteiger partial charge in [-0.05, 0) is 41.1 Å². The van der Waals surface area contributed by atoms with Gasteiger partial charge >= 0.3 is 0 Å². The molecule has 3 aromatic carbocycles. The van der Waals surface area contributed by atoms with Gasteiger partial charge in [-0.1, -0.05) is 24.3 Å². The monoisotopic (exact) mass is 356 g/mol. The third kappa shape index (κ3) is 2.56. The highest BCUT2D eigenvalue weighted by Gasteiger charge is 2.12. The maximum atomic E-state index is 12.7. The van der Waals surface area contributed by atoms with Crippen molar-refractivity contribution in [2.24, 2.45) is 0 Å². The Labute approximate surface area is 154 Å². The number of fused-ring (bicyclic) bond motifs is 3. The number of rotatable bonds is 2. The first kappa shape index (κ1) is 15.6. The van der Waals surface area contributed by atoms with E-state index in [-0.39, 0.29) is 5.43 Å². The second kappa shape index (κ2) is 5.71. The van der Waals surface area contributed by atoms with Gasteiger partial charge in [0.05, 0.1) is 5.39 Å². The molecule has 5 nitrogen and oxygen atoms in total. The first-order valence-electron chi connectivity index (χ1n) is 8.63. The van der Waals surface area contributed by atoms with Crippen molar-refractivity contribution in [3.63, 3.8) is 0 Å². The average molecular weight is 356 g/mol. The molecule has 0 saturated carbocycles. The summed E-state index contributed by atoms with van der Waals surface area (Å²) >= 11 is 0. The number of nitrogens with zero attached hydrogens (tertiary/aromatic N) is 2. The standard InChI is InChI=1S/C22H16N2O3/c1-24(2)22-23-17-8-7-15(11-21(17)27-22)19-12-18(25)16-9-13-5-3-4-6-14(13)10-20(16)26-19/h3-12H,1-2H3. The molecule has 2 heterocycles. The van der Waals surface area contributed by atoms with Crippen molar-refractivity contribution in [3.8, 4) is 11.3 Å². The van der Waals surface area contributed by atoms with Crippen LogP contribution in [0.15, 0.2) is 74.3 Å². The molecule has 0 N–H and O–H groups in total. The molecular weight excluding hydrogens is 340 g/mol. The summed E-state index contributed by atoms with van der Waals surface area (Å²) in [6, 6.07) is 19.4.